The fourth-order valence-electron chi connectivity index (χ4n) is 4.36. The van der Waals surface area contributed by atoms with Crippen molar-refractivity contribution in [3.8, 4) is 0 Å². The van der Waals surface area contributed by atoms with Gasteiger partial charge in [0.2, 0.25) is 15.9 Å². The van der Waals surface area contributed by atoms with E-state index in [1.165, 1.54) is 22.5 Å². The third-order valence-electron chi connectivity index (χ3n) is 6.13. The number of carbonyl (C=O) groups excluding carboxylic acids is 1. The van der Waals surface area contributed by atoms with Gasteiger partial charge in [-0.1, -0.05) is 41.6 Å². The molecule has 1 fully saturated rings. The molecule has 35 heavy (non-hydrogen) atoms. The number of piperidine rings is 1. The SMILES string of the molecule is CCN(C(=O)C1CCCN(S(=O)(=O)c2c(C)noc2/C=C/c2ccccc2F)C1)c1ccccc1. The fraction of sp³-hybridized carbons (Fsp3) is 0.308. The molecule has 184 valence electrons. The molecule has 3 aromatic rings. The van der Waals surface area contributed by atoms with Crippen molar-refractivity contribution in [3.63, 3.8) is 0 Å². The minimum Gasteiger partial charge on any atom is -0.355 e. The Bertz CT molecular complexity index is 1320. The first kappa shape index (κ1) is 24.8. The van der Waals surface area contributed by atoms with E-state index in [1.54, 1.807) is 30.0 Å². The number of aromatic nitrogens is 1. The lowest BCUT2D eigenvalue weighted by atomic mass is 9.97. The molecular weight excluding hydrogens is 469 g/mol. The topological polar surface area (TPSA) is 83.7 Å². The van der Waals surface area contributed by atoms with Crippen molar-refractivity contribution in [1.82, 2.24) is 9.46 Å². The summed E-state index contributed by atoms with van der Waals surface area (Å²) >= 11 is 0. The summed E-state index contributed by atoms with van der Waals surface area (Å²) in [5.74, 6) is -0.962. The van der Waals surface area contributed by atoms with E-state index in [-0.39, 0.29) is 28.8 Å². The Morgan fingerprint density at radius 3 is 2.60 bits per heavy atom. The van der Waals surface area contributed by atoms with Crippen molar-refractivity contribution in [1.29, 1.82) is 0 Å². The van der Waals surface area contributed by atoms with E-state index in [1.807, 2.05) is 37.3 Å². The number of carbonyl (C=O) groups is 1. The number of amides is 1. The van der Waals surface area contributed by atoms with Gasteiger partial charge >= 0.3 is 0 Å². The smallest absolute Gasteiger partial charge is 0.248 e. The van der Waals surface area contributed by atoms with Crippen LogP contribution in [0, 0.1) is 18.7 Å². The van der Waals surface area contributed by atoms with Gasteiger partial charge in [0.05, 0.1) is 5.92 Å². The van der Waals surface area contributed by atoms with Crippen molar-refractivity contribution in [3.05, 3.63) is 77.4 Å². The lowest BCUT2D eigenvalue weighted by Gasteiger charge is -2.34. The number of benzene rings is 2. The Morgan fingerprint density at radius 1 is 1.17 bits per heavy atom. The Labute approximate surface area is 204 Å². The number of para-hydroxylation sites is 1. The molecule has 1 atom stereocenters. The van der Waals surface area contributed by atoms with Gasteiger partial charge in [-0.3, -0.25) is 4.79 Å². The average molecular weight is 498 g/mol. The number of halogens is 1. The standard InChI is InChI=1S/C26H28FN3O4S/c1-3-30(22-12-5-4-6-13-22)26(31)21-11-9-17-29(18-21)35(32,33)25-19(2)28-34-24(25)16-15-20-10-7-8-14-23(20)27/h4-8,10,12-16,21H,3,9,11,17-18H2,1-2H3/b16-15+. The minimum absolute atomic E-state index is 0.0265. The summed E-state index contributed by atoms with van der Waals surface area (Å²) in [6.07, 6.45) is 4.03. The summed E-state index contributed by atoms with van der Waals surface area (Å²) in [7, 11) is -4.00. The lowest BCUT2D eigenvalue weighted by molar-refractivity contribution is -0.123. The predicted octanol–water partition coefficient (Wildman–Crippen LogP) is 4.75. The van der Waals surface area contributed by atoms with Crippen LogP contribution in [-0.2, 0) is 14.8 Å². The molecule has 1 unspecified atom stereocenters. The van der Waals surface area contributed by atoms with E-state index in [4.69, 9.17) is 4.52 Å². The summed E-state index contributed by atoms with van der Waals surface area (Å²) in [6, 6.07) is 15.5. The maximum absolute atomic E-state index is 14.0. The quantitative estimate of drug-likeness (QED) is 0.471. The van der Waals surface area contributed by atoms with Crippen LogP contribution in [-0.4, -0.2) is 43.4 Å². The first-order chi connectivity index (χ1) is 16.8. The van der Waals surface area contributed by atoms with Crippen LogP contribution in [0.2, 0.25) is 0 Å². The van der Waals surface area contributed by atoms with Crippen LogP contribution in [0.15, 0.2) is 64.0 Å². The van der Waals surface area contributed by atoms with E-state index in [0.29, 0.717) is 31.5 Å². The van der Waals surface area contributed by atoms with Gasteiger partial charge in [0.1, 0.15) is 11.5 Å². The fourth-order valence-corrected chi connectivity index (χ4v) is 6.13. The van der Waals surface area contributed by atoms with Crippen molar-refractivity contribution in [2.24, 2.45) is 5.92 Å². The zero-order valence-electron chi connectivity index (χ0n) is 19.7. The van der Waals surface area contributed by atoms with Crippen LogP contribution in [0.3, 0.4) is 0 Å². The first-order valence-electron chi connectivity index (χ1n) is 11.6. The molecule has 0 bridgehead atoms. The van der Waals surface area contributed by atoms with E-state index in [2.05, 4.69) is 5.16 Å². The second-order valence-electron chi connectivity index (χ2n) is 8.44. The number of anilines is 1. The zero-order chi connectivity index (χ0) is 25.0. The van der Waals surface area contributed by atoms with Crippen LogP contribution in [0.25, 0.3) is 12.2 Å². The van der Waals surface area contributed by atoms with Crippen LogP contribution in [0.5, 0.6) is 0 Å². The van der Waals surface area contributed by atoms with Gasteiger partial charge in [-0.2, -0.15) is 4.31 Å². The monoisotopic (exact) mass is 497 g/mol. The molecule has 4 rings (SSSR count). The highest BCUT2D eigenvalue weighted by atomic mass is 32.2. The van der Waals surface area contributed by atoms with Gasteiger partial charge in [0, 0.05) is 30.9 Å². The molecule has 1 aliphatic rings. The van der Waals surface area contributed by atoms with E-state index in [0.717, 1.165) is 5.69 Å². The van der Waals surface area contributed by atoms with Crippen LogP contribution in [0.1, 0.15) is 36.8 Å². The number of sulfonamides is 1. The van der Waals surface area contributed by atoms with Crippen LogP contribution >= 0.6 is 0 Å². The number of aryl methyl sites for hydroxylation is 1. The Balaban J connectivity index is 1.58. The summed E-state index contributed by atoms with van der Waals surface area (Å²) < 4.78 is 47.9. The summed E-state index contributed by atoms with van der Waals surface area (Å²) in [5.41, 5.74) is 1.30. The third kappa shape index (κ3) is 5.21. The number of rotatable bonds is 7. The van der Waals surface area contributed by atoms with Gasteiger partial charge in [-0.05, 0) is 57.0 Å². The van der Waals surface area contributed by atoms with Crippen molar-refractivity contribution in [2.75, 3.05) is 24.5 Å². The van der Waals surface area contributed by atoms with Gasteiger partial charge < -0.3 is 9.42 Å². The second kappa shape index (κ2) is 10.5. The second-order valence-corrected chi connectivity index (χ2v) is 10.3. The third-order valence-corrected chi connectivity index (χ3v) is 8.16. The predicted molar refractivity (Wildman–Crippen MR) is 133 cm³/mol. The summed E-state index contributed by atoms with van der Waals surface area (Å²) in [6.45, 7) is 4.31. The molecule has 0 radical (unpaired) electrons. The Kier molecular flexibility index (Phi) is 7.47. The van der Waals surface area contributed by atoms with Gasteiger partial charge in [-0.15, -0.1) is 0 Å². The van der Waals surface area contributed by atoms with E-state index >= 15 is 0 Å². The van der Waals surface area contributed by atoms with Crippen molar-refractivity contribution >= 4 is 33.8 Å². The van der Waals surface area contributed by atoms with Gasteiger partial charge in [-0.25, -0.2) is 12.8 Å². The summed E-state index contributed by atoms with van der Waals surface area (Å²) in [5, 5.41) is 3.85. The average Bonchev–Trinajstić information content (AvgIpc) is 3.25. The highest BCUT2D eigenvalue weighted by Gasteiger charge is 2.38. The molecular formula is C26H28FN3O4S. The van der Waals surface area contributed by atoms with Gasteiger partial charge in [0.25, 0.3) is 0 Å². The molecule has 1 amide bonds. The maximum Gasteiger partial charge on any atom is 0.248 e. The van der Waals surface area contributed by atoms with E-state index < -0.39 is 21.8 Å². The van der Waals surface area contributed by atoms with E-state index in [9.17, 15) is 17.6 Å². The minimum atomic E-state index is -4.00. The molecule has 0 saturated carbocycles. The molecule has 0 N–H and O–H groups in total. The summed E-state index contributed by atoms with van der Waals surface area (Å²) in [4.78, 5) is 15.0. The molecule has 1 saturated heterocycles. The maximum atomic E-state index is 14.0. The molecule has 1 aliphatic heterocycles. The normalized spacial score (nSPS) is 17.1. The molecule has 0 aliphatic carbocycles. The highest BCUT2D eigenvalue weighted by Crippen LogP contribution is 2.30. The van der Waals surface area contributed by atoms with Crippen LogP contribution < -0.4 is 4.90 Å². The van der Waals surface area contributed by atoms with Crippen LogP contribution in [0.4, 0.5) is 10.1 Å². The number of hydrogen-bond acceptors (Lipinski definition) is 5. The molecule has 0 spiro atoms. The number of hydrogen-bond donors (Lipinski definition) is 0. The number of nitrogens with zero attached hydrogens (tertiary/aromatic N) is 3. The Morgan fingerprint density at radius 2 is 1.89 bits per heavy atom. The molecule has 2 aromatic carbocycles. The van der Waals surface area contributed by atoms with Crippen molar-refractivity contribution < 1.29 is 22.1 Å². The Hall–Kier alpha value is -3.30. The highest BCUT2D eigenvalue weighted by molar-refractivity contribution is 7.89. The van der Waals surface area contributed by atoms with Gasteiger partial charge in [0.15, 0.2) is 10.7 Å². The largest absolute Gasteiger partial charge is 0.355 e. The molecule has 9 heteroatoms. The zero-order valence-corrected chi connectivity index (χ0v) is 20.5. The molecule has 2 heterocycles. The molecule has 1 aromatic heterocycles. The van der Waals surface area contributed by atoms with Crippen molar-refractivity contribution in [2.45, 2.75) is 31.6 Å². The molecule has 7 nitrogen and oxygen atoms in total. The lowest BCUT2D eigenvalue weighted by Crippen LogP contribution is -2.47. The first-order valence-corrected chi connectivity index (χ1v) is 13.0.